The van der Waals surface area contributed by atoms with Crippen molar-refractivity contribution in [2.75, 3.05) is 43.0 Å². The van der Waals surface area contributed by atoms with Gasteiger partial charge in [-0.2, -0.15) is 0 Å². The van der Waals surface area contributed by atoms with Gasteiger partial charge in [0.05, 0.1) is 10.6 Å². The predicted octanol–water partition coefficient (Wildman–Crippen LogP) is 2.35. The average molecular weight is 375 g/mol. The number of hydrogen-bond donors (Lipinski definition) is 1. The summed E-state index contributed by atoms with van der Waals surface area (Å²) in [4.78, 5) is 32.8. The first-order valence-electron chi connectivity index (χ1n) is 8.35. The highest BCUT2D eigenvalue weighted by molar-refractivity contribution is 7.15. The van der Waals surface area contributed by atoms with Crippen LogP contribution in [0.3, 0.4) is 0 Å². The number of rotatable bonds is 4. The summed E-state index contributed by atoms with van der Waals surface area (Å²) in [5.74, 6) is -0.334. The second-order valence-corrected chi connectivity index (χ2v) is 7.33. The molecule has 0 unspecified atom stereocenters. The Hall–Kier alpha value is -2.68. The quantitative estimate of drug-likeness (QED) is 0.651. The molecule has 0 radical (unpaired) electrons. The van der Waals surface area contributed by atoms with E-state index in [4.69, 9.17) is 0 Å². The van der Waals surface area contributed by atoms with Crippen LogP contribution in [0.15, 0.2) is 18.2 Å². The minimum atomic E-state index is -0.429. The lowest BCUT2D eigenvalue weighted by molar-refractivity contribution is -0.384. The van der Waals surface area contributed by atoms with Gasteiger partial charge in [0.1, 0.15) is 5.69 Å². The van der Waals surface area contributed by atoms with Crippen molar-refractivity contribution in [3.05, 3.63) is 44.4 Å². The molecule has 26 heavy (non-hydrogen) atoms. The Balaban J connectivity index is 1.78. The van der Waals surface area contributed by atoms with Gasteiger partial charge in [-0.25, -0.2) is 4.98 Å². The molecular formula is C17H21N5O3S. The van der Waals surface area contributed by atoms with E-state index in [0.29, 0.717) is 18.8 Å². The number of benzene rings is 1. The Kier molecular flexibility index (Phi) is 5.08. The summed E-state index contributed by atoms with van der Waals surface area (Å²) >= 11 is 1.68. The van der Waals surface area contributed by atoms with Crippen LogP contribution in [0.5, 0.6) is 0 Å². The molecule has 1 N–H and O–H groups in total. The fraction of sp³-hybridized carbons (Fsp3) is 0.412. The summed E-state index contributed by atoms with van der Waals surface area (Å²) < 4.78 is 0. The molecule has 0 atom stereocenters. The Morgan fingerprint density at radius 1 is 1.23 bits per heavy atom. The second kappa shape index (κ2) is 7.28. The van der Waals surface area contributed by atoms with Crippen molar-refractivity contribution in [1.82, 2.24) is 10.3 Å². The third-order valence-corrected chi connectivity index (χ3v) is 5.70. The van der Waals surface area contributed by atoms with Crippen LogP contribution < -0.4 is 15.1 Å². The molecule has 8 nitrogen and oxygen atoms in total. The molecule has 0 saturated carbocycles. The second-order valence-electron chi connectivity index (χ2n) is 6.15. The predicted molar refractivity (Wildman–Crippen MR) is 103 cm³/mol. The van der Waals surface area contributed by atoms with Crippen LogP contribution in [0.4, 0.5) is 16.5 Å². The van der Waals surface area contributed by atoms with Gasteiger partial charge >= 0.3 is 0 Å². The highest BCUT2D eigenvalue weighted by Gasteiger charge is 2.26. The number of aromatic nitrogens is 1. The number of nitrogens with one attached hydrogen (secondary N) is 1. The van der Waals surface area contributed by atoms with Crippen molar-refractivity contribution in [3.8, 4) is 0 Å². The summed E-state index contributed by atoms with van der Waals surface area (Å²) in [7, 11) is 1.50. The van der Waals surface area contributed by atoms with Crippen molar-refractivity contribution >= 4 is 33.8 Å². The third kappa shape index (κ3) is 3.48. The number of anilines is 2. The Morgan fingerprint density at radius 3 is 2.42 bits per heavy atom. The average Bonchev–Trinajstić information content (AvgIpc) is 2.99. The van der Waals surface area contributed by atoms with E-state index in [1.165, 1.54) is 18.0 Å². The van der Waals surface area contributed by atoms with E-state index >= 15 is 0 Å². The molecule has 0 spiro atoms. The van der Waals surface area contributed by atoms with Crippen molar-refractivity contribution < 1.29 is 9.72 Å². The Labute approximate surface area is 155 Å². The van der Waals surface area contributed by atoms with Gasteiger partial charge in [-0.1, -0.05) is 0 Å². The molecule has 1 fully saturated rings. The van der Waals surface area contributed by atoms with Crippen LogP contribution in [0.2, 0.25) is 0 Å². The summed E-state index contributed by atoms with van der Waals surface area (Å²) in [6.07, 6.45) is 0. The normalized spacial score (nSPS) is 14.4. The van der Waals surface area contributed by atoms with Gasteiger partial charge in [-0.3, -0.25) is 14.9 Å². The van der Waals surface area contributed by atoms with Crippen LogP contribution in [-0.4, -0.2) is 49.0 Å². The topological polar surface area (TPSA) is 91.6 Å². The monoisotopic (exact) mass is 375 g/mol. The molecule has 2 aromatic rings. The molecular weight excluding hydrogens is 354 g/mol. The van der Waals surface area contributed by atoms with Crippen LogP contribution in [0, 0.1) is 24.0 Å². The number of nitro benzene ring substituents is 1. The first-order valence-corrected chi connectivity index (χ1v) is 9.16. The molecule has 1 aromatic carbocycles. The summed E-state index contributed by atoms with van der Waals surface area (Å²) in [5.41, 5.74) is 1.84. The first-order chi connectivity index (χ1) is 12.4. The van der Waals surface area contributed by atoms with Crippen molar-refractivity contribution in [2.45, 2.75) is 13.8 Å². The maximum Gasteiger partial charge on any atom is 0.293 e. The van der Waals surface area contributed by atoms with Gasteiger partial charge in [0.2, 0.25) is 0 Å². The highest BCUT2D eigenvalue weighted by Crippen LogP contribution is 2.32. The van der Waals surface area contributed by atoms with Crippen LogP contribution in [0.25, 0.3) is 0 Å². The molecule has 0 aliphatic carbocycles. The van der Waals surface area contributed by atoms with E-state index in [-0.39, 0.29) is 17.2 Å². The number of carbonyl (C=O) groups is 1. The molecule has 1 aliphatic rings. The SMILES string of the molecule is CNC(=O)c1ccc(N2CCN(c3nc(C)c(C)s3)CC2)c([N+](=O)[O-])c1. The zero-order valence-electron chi connectivity index (χ0n) is 15.0. The molecule has 1 amide bonds. The number of carbonyl (C=O) groups excluding carboxylic acids is 1. The van der Waals surface area contributed by atoms with E-state index in [1.807, 2.05) is 11.8 Å². The zero-order chi connectivity index (χ0) is 18.8. The van der Waals surface area contributed by atoms with Crippen LogP contribution in [-0.2, 0) is 0 Å². The summed E-state index contributed by atoms with van der Waals surface area (Å²) in [6.45, 7) is 6.89. The van der Waals surface area contributed by atoms with Crippen LogP contribution >= 0.6 is 11.3 Å². The number of aryl methyl sites for hydroxylation is 2. The number of hydrogen-bond acceptors (Lipinski definition) is 7. The van der Waals surface area contributed by atoms with Gasteiger partial charge in [-0.05, 0) is 26.0 Å². The Bertz CT molecular complexity index is 823. The number of amides is 1. The van der Waals surface area contributed by atoms with Crippen molar-refractivity contribution in [3.63, 3.8) is 0 Å². The molecule has 138 valence electrons. The fourth-order valence-electron chi connectivity index (χ4n) is 2.95. The third-order valence-electron chi connectivity index (χ3n) is 4.57. The smallest absolute Gasteiger partial charge is 0.293 e. The van der Waals surface area contributed by atoms with Gasteiger partial charge in [0.25, 0.3) is 11.6 Å². The number of piperazine rings is 1. The maximum atomic E-state index is 11.7. The van der Waals surface area contributed by atoms with Gasteiger partial charge in [0.15, 0.2) is 5.13 Å². The van der Waals surface area contributed by atoms with E-state index < -0.39 is 4.92 Å². The number of nitro groups is 1. The van der Waals surface area contributed by atoms with Crippen LogP contribution in [0.1, 0.15) is 20.9 Å². The van der Waals surface area contributed by atoms with E-state index in [0.717, 1.165) is 23.9 Å². The highest BCUT2D eigenvalue weighted by atomic mass is 32.1. The largest absolute Gasteiger partial charge is 0.362 e. The minimum absolute atomic E-state index is 0.0412. The lowest BCUT2D eigenvalue weighted by Gasteiger charge is -2.35. The number of thiazole rings is 1. The Morgan fingerprint density at radius 2 is 1.88 bits per heavy atom. The minimum Gasteiger partial charge on any atom is -0.362 e. The molecule has 1 aromatic heterocycles. The summed E-state index contributed by atoms with van der Waals surface area (Å²) in [5, 5.41) is 15.0. The number of nitrogens with zero attached hydrogens (tertiary/aromatic N) is 4. The van der Waals surface area contributed by atoms with E-state index in [1.54, 1.807) is 23.5 Å². The van der Waals surface area contributed by atoms with Gasteiger partial charge in [0, 0.05) is 49.7 Å². The molecule has 0 bridgehead atoms. The molecule has 1 aliphatic heterocycles. The molecule has 2 heterocycles. The fourth-order valence-corrected chi connectivity index (χ4v) is 3.91. The zero-order valence-corrected chi connectivity index (χ0v) is 15.8. The van der Waals surface area contributed by atoms with Crippen molar-refractivity contribution in [2.24, 2.45) is 0 Å². The summed E-state index contributed by atoms with van der Waals surface area (Å²) in [6, 6.07) is 4.63. The van der Waals surface area contributed by atoms with E-state index in [2.05, 4.69) is 22.1 Å². The lowest BCUT2D eigenvalue weighted by Crippen LogP contribution is -2.46. The molecule has 9 heteroatoms. The molecule has 1 saturated heterocycles. The van der Waals surface area contributed by atoms with E-state index in [9.17, 15) is 14.9 Å². The van der Waals surface area contributed by atoms with Crippen molar-refractivity contribution in [1.29, 1.82) is 0 Å². The standard InChI is InChI=1S/C17H21N5O3S/c1-11-12(2)26-17(19-11)21-8-6-20(7-9-21)14-5-4-13(16(23)18-3)10-15(14)22(24)25/h4-5,10H,6-9H2,1-3H3,(H,18,23). The maximum absolute atomic E-state index is 11.7. The lowest BCUT2D eigenvalue weighted by atomic mass is 10.1. The first kappa shape index (κ1) is 18.1. The van der Waals surface area contributed by atoms with Gasteiger partial charge in [-0.15, -0.1) is 11.3 Å². The van der Waals surface area contributed by atoms with Gasteiger partial charge < -0.3 is 15.1 Å². The molecule has 3 rings (SSSR count).